The van der Waals surface area contributed by atoms with Gasteiger partial charge in [0.15, 0.2) is 0 Å². The van der Waals surface area contributed by atoms with Gasteiger partial charge >= 0.3 is 0 Å². The summed E-state index contributed by atoms with van der Waals surface area (Å²) in [7, 11) is 0. The van der Waals surface area contributed by atoms with Crippen LogP contribution in [0.25, 0.3) is 0 Å². The summed E-state index contributed by atoms with van der Waals surface area (Å²) in [6.07, 6.45) is 3.23. The second-order valence-electron chi connectivity index (χ2n) is 2.36. The number of amides is 1. The first-order valence-electron chi connectivity index (χ1n) is 3.62. The predicted octanol–water partition coefficient (Wildman–Crippen LogP) is 1.57. The number of rotatable bonds is 4. The molecule has 0 saturated carbocycles. The summed E-state index contributed by atoms with van der Waals surface area (Å²) < 4.78 is 0. The number of thiol groups is 1. The van der Waals surface area contributed by atoms with Crippen molar-refractivity contribution in [1.82, 2.24) is 5.32 Å². The maximum Gasteiger partial charge on any atom is 0.217 e. The van der Waals surface area contributed by atoms with Crippen LogP contribution < -0.4 is 5.32 Å². The zero-order valence-corrected chi connectivity index (χ0v) is 7.45. The number of carbonyl (C=O) groups excluding carboxylic acids is 1. The van der Waals surface area contributed by atoms with Crippen molar-refractivity contribution in [2.75, 3.05) is 0 Å². The van der Waals surface area contributed by atoms with Gasteiger partial charge < -0.3 is 5.32 Å². The fourth-order valence-electron chi connectivity index (χ4n) is 0.704. The molecule has 0 spiro atoms. The molecule has 0 fully saturated rings. The van der Waals surface area contributed by atoms with E-state index in [4.69, 9.17) is 0 Å². The maximum atomic E-state index is 10.5. The van der Waals surface area contributed by atoms with Gasteiger partial charge in [0.2, 0.25) is 5.91 Å². The molecule has 0 aromatic heterocycles. The smallest absolute Gasteiger partial charge is 0.217 e. The minimum atomic E-state index is -0.00361. The van der Waals surface area contributed by atoms with Crippen LogP contribution in [0, 0.1) is 0 Å². The Hall–Kier alpha value is -0.180. The van der Waals surface area contributed by atoms with E-state index in [2.05, 4.69) is 24.9 Å². The Kier molecular flexibility index (Phi) is 5.49. The molecule has 0 aromatic carbocycles. The second kappa shape index (κ2) is 5.59. The molecule has 0 radical (unpaired) electrons. The van der Waals surface area contributed by atoms with Gasteiger partial charge in [-0.2, -0.15) is 12.6 Å². The molecule has 0 bridgehead atoms. The molecule has 60 valence electrons. The average molecular weight is 161 g/mol. The maximum absolute atomic E-state index is 10.5. The monoisotopic (exact) mass is 161 g/mol. The summed E-state index contributed by atoms with van der Waals surface area (Å²) in [5.74, 6) is -0.00361. The second-order valence-corrected chi connectivity index (χ2v) is 2.98. The Morgan fingerprint density at radius 2 is 2.30 bits per heavy atom. The molecule has 1 amide bonds. The first-order chi connectivity index (χ1) is 4.66. The molecule has 0 aliphatic heterocycles. The lowest BCUT2D eigenvalue weighted by Crippen LogP contribution is -2.28. The van der Waals surface area contributed by atoms with Crippen LogP contribution in [0.3, 0.4) is 0 Å². The van der Waals surface area contributed by atoms with Crippen LogP contribution >= 0.6 is 12.6 Å². The largest absolute Gasteiger partial charge is 0.345 e. The molecule has 0 saturated heterocycles. The summed E-state index contributed by atoms with van der Waals surface area (Å²) in [6, 6.07) is 0. The third kappa shape index (κ3) is 5.95. The highest BCUT2D eigenvalue weighted by Crippen LogP contribution is 2.02. The van der Waals surface area contributed by atoms with E-state index in [1.165, 1.54) is 6.92 Å². The molecule has 2 nitrogen and oxygen atoms in total. The lowest BCUT2D eigenvalue weighted by atomic mass is 10.2. The number of hydrogen-bond donors (Lipinski definition) is 2. The predicted molar refractivity (Wildman–Crippen MR) is 46.1 cm³/mol. The SMILES string of the molecule is CCCCC(S)NC(C)=O. The fourth-order valence-corrected chi connectivity index (χ4v) is 1.07. The Bertz CT molecular complexity index is 106. The van der Waals surface area contributed by atoms with Crippen molar-refractivity contribution >= 4 is 18.5 Å². The molecule has 1 unspecified atom stereocenters. The lowest BCUT2D eigenvalue weighted by molar-refractivity contribution is -0.119. The van der Waals surface area contributed by atoms with Crippen LogP contribution in [-0.4, -0.2) is 11.3 Å². The van der Waals surface area contributed by atoms with Crippen LogP contribution in [0.2, 0.25) is 0 Å². The minimum absolute atomic E-state index is 0.00361. The highest BCUT2D eigenvalue weighted by molar-refractivity contribution is 7.80. The van der Waals surface area contributed by atoms with Crippen LogP contribution in [0.1, 0.15) is 33.1 Å². The molecule has 0 heterocycles. The van der Waals surface area contributed by atoms with Crippen molar-refractivity contribution < 1.29 is 4.79 Å². The minimum Gasteiger partial charge on any atom is -0.345 e. The van der Waals surface area contributed by atoms with Crippen molar-refractivity contribution in [3.8, 4) is 0 Å². The normalized spacial score (nSPS) is 12.7. The van der Waals surface area contributed by atoms with Crippen LogP contribution in [0.5, 0.6) is 0 Å². The highest BCUT2D eigenvalue weighted by Gasteiger charge is 2.01. The summed E-state index contributed by atoms with van der Waals surface area (Å²) in [4.78, 5) is 10.5. The molecule has 0 rings (SSSR count). The van der Waals surface area contributed by atoms with E-state index in [-0.39, 0.29) is 11.3 Å². The van der Waals surface area contributed by atoms with Gasteiger partial charge in [0, 0.05) is 6.92 Å². The van der Waals surface area contributed by atoms with Gasteiger partial charge in [-0.1, -0.05) is 19.8 Å². The van der Waals surface area contributed by atoms with Gasteiger partial charge in [0.1, 0.15) is 0 Å². The van der Waals surface area contributed by atoms with E-state index >= 15 is 0 Å². The third-order valence-corrected chi connectivity index (χ3v) is 1.59. The van der Waals surface area contributed by atoms with E-state index in [0.717, 1.165) is 19.3 Å². The van der Waals surface area contributed by atoms with Crippen LogP contribution in [0.4, 0.5) is 0 Å². The molecular formula is C7H15NOS. The van der Waals surface area contributed by atoms with Gasteiger partial charge in [-0.3, -0.25) is 4.79 Å². The molecule has 10 heavy (non-hydrogen) atoms. The van der Waals surface area contributed by atoms with Crippen molar-refractivity contribution in [2.45, 2.75) is 38.5 Å². The number of unbranched alkanes of at least 4 members (excludes halogenated alkanes) is 1. The number of hydrogen-bond acceptors (Lipinski definition) is 2. The molecule has 0 aromatic rings. The quantitative estimate of drug-likeness (QED) is 0.475. The molecule has 3 heteroatoms. The number of nitrogens with one attached hydrogen (secondary N) is 1. The molecule has 0 aliphatic rings. The van der Waals surface area contributed by atoms with E-state index < -0.39 is 0 Å². The van der Waals surface area contributed by atoms with Gasteiger partial charge in [0.05, 0.1) is 5.37 Å². The van der Waals surface area contributed by atoms with Crippen molar-refractivity contribution in [2.24, 2.45) is 0 Å². The van der Waals surface area contributed by atoms with Gasteiger partial charge in [-0.25, -0.2) is 0 Å². The topological polar surface area (TPSA) is 29.1 Å². The van der Waals surface area contributed by atoms with Gasteiger partial charge in [0.25, 0.3) is 0 Å². The first-order valence-corrected chi connectivity index (χ1v) is 4.13. The van der Waals surface area contributed by atoms with Crippen molar-refractivity contribution in [1.29, 1.82) is 0 Å². The fraction of sp³-hybridized carbons (Fsp3) is 0.857. The summed E-state index contributed by atoms with van der Waals surface area (Å²) in [5.41, 5.74) is 0. The first kappa shape index (κ1) is 9.82. The molecular weight excluding hydrogens is 146 g/mol. The number of carbonyl (C=O) groups is 1. The summed E-state index contributed by atoms with van der Waals surface area (Å²) in [5, 5.41) is 2.74. The van der Waals surface area contributed by atoms with E-state index in [9.17, 15) is 4.79 Å². The van der Waals surface area contributed by atoms with Crippen molar-refractivity contribution in [3.63, 3.8) is 0 Å². The Labute approximate surface area is 67.8 Å². The Morgan fingerprint density at radius 3 is 2.70 bits per heavy atom. The van der Waals surface area contributed by atoms with Gasteiger partial charge in [-0.05, 0) is 6.42 Å². The van der Waals surface area contributed by atoms with E-state index in [1.54, 1.807) is 0 Å². The average Bonchev–Trinajstić information content (AvgIpc) is 1.82. The molecule has 0 aliphatic carbocycles. The Balaban J connectivity index is 3.25. The zero-order valence-electron chi connectivity index (χ0n) is 6.55. The van der Waals surface area contributed by atoms with E-state index in [0.29, 0.717) is 0 Å². The highest BCUT2D eigenvalue weighted by atomic mass is 32.1. The summed E-state index contributed by atoms with van der Waals surface area (Å²) >= 11 is 4.17. The molecule has 1 atom stereocenters. The third-order valence-electron chi connectivity index (χ3n) is 1.20. The van der Waals surface area contributed by atoms with Gasteiger partial charge in [-0.15, -0.1) is 0 Å². The molecule has 1 N–H and O–H groups in total. The Morgan fingerprint density at radius 1 is 1.70 bits per heavy atom. The van der Waals surface area contributed by atoms with Crippen LogP contribution in [0.15, 0.2) is 0 Å². The zero-order chi connectivity index (χ0) is 7.98. The lowest BCUT2D eigenvalue weighted by Gasteiger charge is -2.09. The standard InChI is InChI=1S/C7H15NOS/c1-3-4-5-7(10)8-6(2)9/h7,10H,3-5H2,1-2H3,(H,8,9). The van der Waals surface area contributed by atoms with E-state index in [1.807, 2.05) is 0 Å². The van der Waals surface area contributed by atoms with Crippen LogP contribution in [-0.2, 0) is 4.79 Å². The van der Waals surface area contributed by atoms with Crippen molar-refractivity contribution in [3.05, 3.63) is 0 Å². The summed E-state index contributed by atoms with van der Waals surface area (Å²) in [6.45, 7) is 3.63.